The molecule has 1 aliphatic heterocycles. The largest absolute Gasteiger partial charge is 0.341 e. The van der Waals surface area contributed by atoms with Crippen molar-refractivity contribution in [3.8, 4) is 6.07 Å². The van der Waals surface area contributed by atoms with Gasteiger partial charge in [-0.05, 0) is 33.2 Å². The number of piperidine rings is 1. The predicted octanol–water partition coefficient (Wildman–Crippen LogP) is 0.994. The third-order valence-corrected chi connectivity index (χ3v) is 3.05. The van der Waals surface area contributed by atoms with Gasteiger partial charge in [-0.25, -0.2) is 0 Å². The first-order chi connectivity index (χ1) is 7.69. The Hall–Kier alpha value is -1.08. The van der Waals surface area contributed by atoms with Crippen LogP contribution in [-0.4, -0.2) is 37.0 Å². The molecule has 1 fully saturated rings. The van der Waals surface area contributed by atoms with Gasteiger partial charge in [0.15, 0.2) is 0 Å². The second-order valence-electron chi connectivity index (χ2n) is 4.45. The van der Waals surface area contributed by atoms with Crippen molar-refractivity contribution in [2.75, 3.05) is 26.2 Å². The SMILES string of the molecule is CCN(CC(C)C#N)C(=O)C1CCCNC1. The fourth-order valence-corrected chi connectivity index (χ4v) is 2.07. The van der Waals surface area contributed by atoms with E-state index in [-0.39, 0.29) is 17.7 Å². The summed E-state index contributed by atoms with van der Waals surface area (Å²) in [5.74, 6) is 0.233. The number of nitrogens with one attached hydrogen (secondary N) is 1. The lowest BCUT2D eigenvalue weighted by Gasteiger charge is -2.29. The Labute approximate surface area is 97.6 Å². The van der Waals surface area contributed by atoms with Crippen molar-refractivity contribution < 1.29 is 4.79 Å². The van der Waals surface area contributed by atoms with E-state index in [4.69, 9.17) is 5.26 Å². The molecule has 0 aromatic rings. The monoisotopic (exact) mass is 223 g/mol. The molecular formula is C12H21N3O. The quantitative estimate of drug-likeness (QED) is 0.773. The molecule has 16 heavy (non-hydrogen) atoms. The van der Waals surface area contributed by atoms with E-state index in [1.54, 1.807) is 0 Å². The smallest absolute Gasteiger partial charge is 0.226 e. The van der Waals surface area contributed by atoms with Crippen molar-refractivity contribution in [3.05, 3.63) is 0 Å². The van der Waals surface area contributed by atoms with Gasteiger partial charge in [-0.15, -0.1) is 0 Å². The molecule has 1 amide bonds. The Kier molecular flexibility index (Phi) is 5.27. The third kappa shape index (κ3) is 3.49. The lowest BCUT2D eigenvalue weighted by molar-refractivity contribution is -0.136. The Balaban J connectivity index is 2.51. The number of hydrogen-bond acceptors (Lipinski definition) is 3. The number of rotatable bonds is 4. The Morgan fingerprint density at radius 2 is 2.44 bits per heavy atom. The maximum Gasteiger partial charge on any atom is 0.226 e. The molecule has 2 unspecified atom stereocenters. The van der Waals surface area contributed by atoms with Gasteiger partial charge in [-0.1, -0.05) is 0 Å². The van der Waals surface area contributed by atoms with Gasteiger partial charge in [0.05, 0.1) is 17.9 Å². The summed E-state index contributed by atoms with van der Waals surface area (Å²) >= 11 is 0. The zero-order chi connectivity index (χ0) is 12.0. The Bertz CT molecular complexity index is 266. The van der Waals surface area contributed by atoms with Crippen molar-refractivity contribution in [2.45, 2.75) is 26.7 Å². The van der Waals surface area contributed by atoms with Crippen LogP contribution in [0.1, 0.15) is 26.7 Å². The summed E-state index contributed by atoms with van der Waals surface area (Å²) in [6.45, 7) is 6.89. The minimum Gasteiger partial charge on any atom is -0.341 e. The van der Waals surface area contributed by atoms with Crippen LogP contribution in [0.5, 0.6) is 0 Å². The van der Waals surface area contributed by atoms with Crippen LogP contribution < -0.4 is 5.32 Å². The zero-order valence-corrected chi connectivity index (χ0v) is 10.2. The van der Waals surface area contributed by atoms with E-state index in [0.717, 1.165) is 25.9 Å². The number of carbonyl (C=O) groups excluding carboxylic acids is 1. The molecule has 90 valence electrons. The van der Waals surface area contributed by atoms with Crippen LogP contribution in [0.25, 0.3) is 0 Å². The summed E-state index contributed by atoms with van der Waals surface area (Å²) in [5, 5.41) is 12.0. The van der Waals surface area contributed by atoms with E-state index in [0.29, 0.717) is 13.1 Å². The van der Waals surface area contributed by atoms with Crippen molar-refractivity contribution in [3.63, 3.8) is 0 Å². The van der Waals surface area contributed by atoms with E-state index in [2.05, 4.69) is 11.4 Å². The van der Waals surface area contributed by atoms with Gasteiger partial charge in [-0.3, -0.25) is 4.79 Å². The van der Waals surface area contributed by atoms with E-state index in [1.807, 2.05) is 18.7 Å². The molecule has 1 heterocycles. The first-order valence-electron chi connectivity index (χ1n) is 6.08. The molecule has 0 aromatic heterocycles. The van der Waals surface area contributed by atoms with Gasteiger partial charge in [0.25, 0.3) is 0 Å². The Morgan fingerprint density at radius 3 is 2.94 bits per heavy atom. The van der Waals surface area contributed by atoms with Crippen LogP contribution in [0.15, 0.2) is 0 Å². The van der Waals surface area contributed by atoms with Crippen molar-refractivity contribution in [1.29, 1.82) is 5.26 Å². The third-order valence-electron chi connectivity index (χ3n) is 3.05. The average Bonchev–Trinajstić information content (AvgIpc) is 2.35. The van der Waals surface area contributed by atoms with E-state index in [9.17, 15) is 4.79 Å². The van der Waals surface area contributed by atoms with Gasteiger partial charge in [0.1, 0.15) is 0 Å². The van der Waals surface area contributed by atoms with Gasteiger partial charge < -0.3 is 10.2 Å². The molecular weight excluding hydrogens is 202 g/mol. The minimum absolute atomic E-state index is 0.0829. The van der Waals surface area contributed by atoms with Crippen LogP contribution in [-0.2, 0) is 4.79 Å². The molecule has 1 aliphatic rings. The van der Waals surface area contributed by atoms with Gasteiger partial charge >= 0.3 is 0 Å². The Morgan fingerprint density at radius 1 is 1.69 bits per heavy atom. The molecule has 0 aliphatic carbocycles. The minimum atomic E-state index is -0.0829. The first kappa shape index (κ1) is 13.0. The van der Waals surface area contributed by atoms with Crippen LogP contribution in [0.2, 0.25) is 0 Å². The summed E-state index contributed by atoms with van der Waals surface area (Å²) in [6, 6.07) is 2.18. The molecule has 4 heteroatoms. The van der Waals surface area contributed by atoms with Crippen LogP contribution >= 0.6 is 0 Å². The van der Waals surface area contributed by atoms with E-state index >= 15 is 0 Å². The first-order valence-corrected chi connectivity index (χ1v) is 6.08. The molecule has 0 aromatic carbocycles. The number of nitrogens with zero attached hydrogens (tertiary/aromatic N) is 2. The molecule has 0 spiro atoms. The average molecular weight is 223 g/mol. The van der Waals surface area contributed by atoms with Crippen LogP contribution in [0.3, 0.4) is 0 Å². The van der Waals surface area contributed by atoms with Crippen molar-refractivity contribution >= 4 is 5.91 Å². The zero-order valence-electron chi connectivity index (χ0n) is 10.2. The number of hydrogen-bond donors (Lipinski definition) is 1. The second kappa shape index (κ2) is 6.49. The predicted molar refractivity (Wildman–Crippen MR) is 62.6 cm³/mol. The lowest BCUT2D eigenvalue weighted by Crippen LogP contribution is -2.44. The highest BCUT2D eigenvalue weighted by molar-refractivity contribution is 5.79. The highest BCUT2D eigenvalue weighted by Crippen LogP contribution is 2.14. The number of amides is 1. The molecule has 0 radical (unpaired) electrons. The molecule has 0 saturated carbocycles. The highest BCUT2D eigenvalue weighted by atomic mass is 16.2. The second-order valence-corrected chi connectivity index (χ2v) is 4.45. The highest BCUT2D eigenvalue weighted by Gasteiger charge is 2.25. The van der Waals surface area contributed by atoms with E-state index < -0.39 is 0 Å². The number of nitriles is 1. The summed E-state index contributed by atoms with van der Waals surface area (Å²) in [4.78, 5) is 14.0. The van der Waals surface area contributed by atoms with E-state index in [1.165, 1.54) is 0 Å². The molecule has 1 N–H and O–H groups in total. The summed E-state index contributed by atoms with van der Waals surface area (Å²) in [6.07, 6.45) is 2.05. The molecule has 0 bridgehead atoms. The van der Waals surface area contributed by atoms with Crippen molar-refractivity contribution in [1.82, 2.24) is 10.2 Å². The molecule has 2 atom stereocenters. The fraction of sp³-hybridized carbons (Fsp3) is 0.833. The van der Waals surface area contributed by atoms with Gasteiger partial charge in [-0.2, -0.15) is 5.26 Å². The maximum atomic E-state index is 12.2. The van der Waals surface area contributed by atoms with Gasteiger partial charge in [0, 0.05) is 19.6 Å². The molecule has 1 rings (SSSR count). The standard InChI is InChI=1S/C12H21N3O/c1-3-15(9-10(2)7-13)12(16)11-5-4-6-14-8-11/h10-11,14H,3-6,8-9H2,1-2H3. The van der Waals surface area contributed by atoms with Gasteiger partial charge in [0.2, 0.25) is 5.91 Å². The molecule has 4 nitrogen and oxygen atoms in total. The maximum absolute atomic E-state index is 12.2. The summed E-state index contributed by atoms with van der Waals surface area (Å²) in [7, 11) is 0. The van der Waals surface area contributed by atoms with Crippen LogP contribution in [0, 0.1) is 23.2 Å². The summed E-state index contributed by atoms with van der Waals surface area (Å²) in [5.41, 5.74) is 0. The topological polar surface area (TPSA) is 56.1 Å². The lowest BCUT2D eigenvalue weighted by atomic mass is 9.97. The summed E-state index contributed by atoms with van der Waals surface area (Å²) < 4.78 is 0. The van der Waals surface area contributed by atoms with Crippen molar-refractivity contribution in [2.24, 2.45) is 11.8 Å². The van der Waals surface area contributed by atoms with Crippen LogP contribution in [0.4, 0.5) is 0 Å². The fourth-order valence-electron chi connectivity index (χ4n) is 2.07. The number of carbonyl (C=O) groups is 1. The molecule has 1 saturated heterocycles. The normalized spacial score (nSPS) is 22.2.